The number of benzene rings is 1. The maximum atomic E-state index is 9.73. The van der Waals surface area contributed by atoms with Crippen LogP contribution in [0.15, 0.2) is 34.9 Å². The topological polar surface area (TPSA) is 55.5 Å². The molecule has 1 N–H and O–H groups in total. The molecule has 0 saturated heterocycles. The minimum atomic E-state index is 0. The van der Waals surface area contributed by atoms with Gasteiger partial charge in [0.2, 0.25) is 5.71 Å². The molecule has 3 rings (SSSR count). The van der Waals surface area contributed by atoms with Gasteiger partial charge in [-0.1, -0.05) is 6.07 Å². The normalized spacial score (nSPS) is 10.4. The number of furan rings is 1. The average Bonchev–Trinajstić information content (AvgIpc) is 2.75. The predicted molar refractivity (Wildman–Crippen MR) is 67.0 cm³/mol. The van der Waals surface area contributed by atoms with Crippen molar-refractivity contribution in [2.24, 2.45) is 0 Å². The van der Waals surface area contributed by atoms with E-state index >= 15 is 0 Å². The number of fused-ring (bicyclic) bond motifs is 2. The van der Waals surface area contributed by atoms with E-state index in [1.165, 1.54) is 0 Å². The van der Waals surface area contributed by atoms with E-state index < -0.39 is 0 Å². The second kappa shape index (κ2) is 4.14. The molecule has 0 bridgehead atoms. The van der Waals surface area contributed by atoms with Gasteiger partial charge < -0.3 is 14.3 Å². The fourth-order valence-corrected chi connectivity index (χ4v) is 1.86. The number of rotatable bonds is 1. The number of aromatic nitrogens is 1. The van der Waals surface area contributed by atoms with Crippen LogP contribution in [0.1, 0.15) is 0 Å². The lowest BCUT2D eigenvalue weighted by Crippen LogP contribution is -1.88. The van der Waals surface area contributed by atoms with E-state index in [1.54, 1.807) is 31.6 Å². The second-order valence-electron chi connectivity index (χ2n) is 3.46. The Hall–Kier alpha value is -1.94. The van der Waals surface area contributed by atoms with Crippen LogP contribution in [0, 0.1) is 0 Å². The molecule has 17 heavy (non-hydrogen) atoms. The quantitative estimate of drug-likeness (QED) is 0.722. The van der Waals surface area contributed by atoms with E-state index in [4.69, 9.17) is 9.15 Å². The molecule has 2 heterocycles. The van der Waals surface area contributed by atoms with Gasteiger partial charge in [0, 0.05) is 5.39 Å². The van der Waals surface area contributed by atoms with Crippen molar-refractivity contribution in [2.45, 2.75) is 0 Å². The maximum absolute atomic E-state index is 9.73. The number of para-hydroxylation sites is 1. The third-order valence-corrected chi connectivity index (χ3v) is 2.57. The van der Waals surface area contributed by atoms with E-state index in [1.807, 2.05) is 6.07 Å². The number of halogens is 1. The molecule has 0 spiro atoms. The van der Waals surface area contributed by atoms with Gasteiger partial charge in [0.1, 0.15) is 17.0 Å². The van der Waals surface area contributed by atoms with E-state index in [0.717, 1.165) is 10.8 Å². The Bertz CT molecular complexity index is 678. The molecule has 2 aromatic heterocycles. The molecule has 0 unspecified atom stereocenters. The van der Waals surface area contributed by atoms with Gasteiger partial charge >= 0.3 is 0 Å². The van der Waals surface area contributed by atoms with Crippen LogP contribution in [0.3, 0.4) is 0 Å². The van der Waals surface area contributed by atoms with Crippen molar-refractivity contribution in [1.82, 2.24) is 4.98 Å². The average molecular weight is 252 g/mol. The van der Waals surface area contributed by atoms with Crippen LogP contribution in [-0.4, -0.2) is 17.2 Å². The summed E-state index contributed by atoms with van der Waals surface area (Å²) in [7, 11) is 1.59. The van der Waals surface area contributed by atoms with Gasteiger partial charge in [0.25, 0.3) is 0 Å². The minimum Gasteiger partial charge on any atom is -0.506 e. The molecule has 0 aliphatic heterocycles. The van der Waals surface area contributed by atoms with Crippen molar-refractivity contribution in [3.8, 4) is 11.5 Å². The van der Waals surface area contributed by atoms with Crippen LogP contribution >= 0.6 is 12.4 Å². The summed E-state index contributed by atoms with van der Waals surface area (Å²) in [6, 6.07) is 7.00. The molecule has 0 aliphatic rings. The van der Waals surface area contributed by atoms with Gasteiger partial charge in [0.05, 0.1) is 18.8 Å². The molecule has 0 fully saturated rings. The number of hydrogen-bond donors (Lipinski definition) is 1. The number of nitrogens with zero attached hydrogens (tertiary/aromatic N) is 1. The number of hydrogen-bond acceptors (Lipinski definition) is 4. The SMILES string of the molecule is COc1c2ccoc2nc2c(O)cccc12.Cl. The van der Waals surface area contributed by atoms with Crippen LogP contribution in [0.5, 0.6) is 11.5 Å². The fraction of sp³-hybridized carbons (Fsp3) is 0.0833. The first-order valence-electron chi connectivity index (χ1n) is 4.84. The zero-order valence-electron chi connectivity index (χ0n) is 9.01. The third kappa shape index (κ3) is 1.57. The Balaban J connectivity index is 0.00000108. The predicted octanol–water partition coefficient (Wildman–Crippen LogP) is 3.12. The van der Waals surface area contributed by atoms with E-state index in [9.17, 15) is 5.11 Å². The Morgan fingerprint density at radius 1 is 1.24 bits per heavy atom. The fourth-order valence-electron chi connectivity index (χ4n) is 1.86. The van der Waals surface area contributed by atoms with Crippen LogP contribution in [0.2, 0.25) is 0 Å². The largest absolute Gasteiger partial charge is 0.506 e. The summed E-state index contributed by atoms with van der Waals surface area (Å²) in [6.45, 7) is 0. The van der Waals surface area contributed by atoms with Crippen LogP contribution < -0.4 is 4.74 Å². The number of pyridine rings is 1. The molecule has 0 aliphatic carbocycles. The van der Waals surface area contributed by atoms with Crippen molar-refractivity contribution >= 4 is 34.4 Å². The van der Waals surface area contributed by atoms with Gasteiger partial charge in [-0.05, 0) is 18.2 Å². The summed E-state index contributed by atoms with van der Waals surface area (Å²) in [5, 5.41) is 11.3. The number of methoxy groups -OCH3 is 1. The van der Waals surface area contributed by atoms with E-state index in [0.29, 0.717) is 17.0 Å². The molecule has 0 saturated carbocycles. The second-order valence-corrected chi connectivity index (χ2v) is 3.46. The minimum absolute atomic E-state index is 0. The highest BCUT2D eigenvalue weighted by molar-refractivity contribution is 6.01. The van der Waals surface area contributed by atoms with Crippen LogP contribution in [-0.2, 0) is 0 Å². The van der Waals surface area contributed by atoms with Crippen molar-refractivity contribution in [2.75, 3.05) is 7.11 Å². The summed E-state index contributed by atoms with van der Waals surface area (Å²) in [4.78, 5) is 4.25. The van der Waals surface area contributed by atoms with Crippen molar-refractivity contribution in [3.63, 3.8) is 0 Å². The highest BCUT2D eigenvalue weighted by Crippen LogP contribution is 2.36. The lowest BCUT2D eigenvalue weighted by Gasteiger charge is -2.06. The summed E-state index contributed by atoms with van der Waals surface area (Å²) in [6.07, 6.45) is 1.55. The Morgan fingerprint density at radius 3 is 2.82 bits per heavy atom. The Morgan fingerprint density at radius 2 is 2.06 bits per heavy atom. The number of ether oxygens (including phenoxy) is 1. The van der Waals surface area contributed by atoms with Crippen molar-refractivity contribution in [3.05, 3.63) is 30.5 Å². The first kappa shape index (κ1) is 11.5. The molecule has 3 aromatic rings. The first-order chi connectivity index (χ1) is 7.81. The highest BCUT2D eigenvalue weighted by Gasteiger charge is 2.13. The summed E-state index contributed by atoms with van der Waals surface area (Å²) >= 11 is 0. The zero-order valence-corrected chi connectivity index (χ0v) is 9.82. The Labute approximate surface area is 103 Å². The van der Waals surface area contributed by atoms with Crippen LogP contribution in [0.25, 0.3) is 22.0 Å². The molecular weight excluding hydrogens is 242 g/mol. The summed E-state index contributed by atoms with van der Waals surface area (Å²) < 4.78 is 10.6. The standard InChI is InChI=1S/C12H9NO3.ClH/c1-15-11-7-3-2-4-9(14)10(7)13-12-8(11)5-6-16-12;/h2-6,14H,1H3;1H. The maximum Gasteiger partial charge on any atom is 0.230 e. The number of phenolic OH excluding ortho intramolecular Hbond substituents is 1. The van der Waals surface area contributed by atoms with Gasteiger partial charge in [-0.15, -0.1) is 12.4 Å². The number of phenols is 1. The van der Waals surface area contributed by atoms with Crippen LogP contribution in [0.4, 0.5) is 0 Å². The van der Waals surface area contributed by atoms with Gasteiger partial charge in [-0.2, -0.15) is 0 Å². The highest BCUT2D eigenvalue weighted by atomic mass is 35.5. The van der Waals surface area contributed by atoms with Crippen molar-refractivity contribution in [1.29, 1.82) is 0 Å². The summed E-state index contributed by atoms with van der Waals surface area (Å²) in [5.41, 5.74) is 0.952. The van der Waals surface area contributed by atoms with E-state index in [2.05, 4.69) is 4.98 Å². The molecule has 88 valence electrons. The van der Waals surface area contributed by atoms with Gasteiger partial charge in [-0.3, -0.25) is 0 Å². The zero-order chi connectivity index (χ0) is 11.1. The lowest BCUT2D eigenvalue weighted by molar-refractivity contribution is 0.423. The third-order valence-electron chi connectivity index (χ3n) is 2.57. The summed E-state index contributed by atoms with van der Waals surface area (Å²) in [5.74, 6) is 0.791. The first-order valence-corrected chi connectivity index (χ1v) is 4.84. The molecule has 0 radical (unpaired) electrons. The lowest BCUT2D eigenvalue weighted by atomic mass is 10.1. The number of aromatic hydroxyl groups is 1. The van der Waals surface area contributed by atoms with E-state index in [-0.39, 0.29) is 18.2 Å². The van der Waals surface area contributed by atoms with Crippen molar-refractivity contribution < 1.29 is 14.3 Å². The molecular formula is C12H10ClNO3. The molecule has 1 aromatic carbocycles. The Kier molecular flexibility index (Phi) is 2.81. The molecule has 4 nitrogen and oxygen atoms in total. The van der Waals surface area contributed by atoms with Gasteiger partial charge in [0.15, 0.2) is 0 Å². The molecule has 5 heteroatoms. The monoisotopic (exact) mass is 251 g/mol. The smallest absolute Gasteiger partial charge is 0.230 e. The van der Waals surface area contributed by atoms with Gasteiger partial charge in [-0.25, -0.2) is 4.98 Å². The molecule has 0 amide bonds. The molecule has 0 atom stereocenters.